The molecule has 0 aliphatic rings. The zero-order valence-corrected chi connectivity index (χ0v) is 20.5. The molecule has 0 saturated heterocycles. The van der Waals surface area contributed by atoms with E-state index < -0.39 is 10.0 Å². The second-order valence-electron chi connectivity index (χ2n) is 8.10. The molecule has 0 unspecified atom stereocenters. The van der Waals surface area contributed by atoms with Crippen molar-refractivity contribution in [1.82, 2.24) is 19.1 Å². The molecule has 0 aliphatic heterocycles. The SMILES string of the molecule is COc1cc2c(-c3ccn(S(=O)(=O)c4cccc(C#N)c4)n3)ccnc2cc1OCCCN(C)C. The molecule has 0 saturated carbocycles. The Kier molecular flexibility index (Phi) is 7.00. The maximum atomic E-state index is 13.1. The van der Waals surface area contributed by atoms with Gasteiger partial charge in [-0.2, -0.15) is 22.9 Å². The number of nitrogens with zero attached hydrogens (tertiary/aromatic N) is 5. The Morgan fingerprint density at radius 1 is 1.11 bits per heavy atom. The molecular weight excluding hydrogens is 466 g/mol. The highest BCUT2D eigenvalue weighted by atomic mass is 32.2. The van der Waals surface area contributed by atoms with Gasteiger partial charge in [0.25, 0.3) is 10.0 Å². The fourth-order valence-corrected chi connectivity index (χ4v) is 4.79. The second kappa shape index (κ2) is 10.1. The number of hydrogen-bond acceptors (Lipinski definition) is 8. The van der Waals surface area contributed by atoms with E-state index in [-0.39, 0.29) is 10.5 Å². The molecule has 0 N–H and O–H groups in total. The van der Waals surface area contributed by atoms with Crippen LogP contribution in [0.2, 0.25) is 0 Å². The number of pyridine rings is 1. The fourth-order valence-electron chi connectivity index (χ4n) is 3.63. The highest BCUT2D eigenvalue weighted by molar-refractivity contribution is 7.89. The number of rotatable bonds is 9. The summed E-state index contributed by atoms with van der Waals surface area (Å²) in [5.41, 5.74) is 2.08. The first-order valence-electron chi connectivity index (χ1n) is 10.9. The number of methoxy groups -OCH3 is 1. The first kappa shape index (κ1) is 24.2. The Balaban J connectivity index is 1.68. The van der Waals surface area contributed by atoms with Crippen molar-refractivity contribution >= 4 is 20.9 Å². The normalized spacial score (nSPS) is 11.5. The quantitative estimate of drug-likeness (QED) is 0.327. The predicted octanol–water partition coefficient (Wildman–Crippen LogP) is 3.55. The van der Waals surface area contributed by atoms with Gasteiger partial charge < -0.3 is 14.4 Å². The zero-order valence-electron chi connectivity index (χ0n) is 19.7. The first-order valence-corrected chi connectivity index (χ1v) is 12.3. The Morgan fingerprint density at radius 3 is 2.69 bits per heavy atom. The summed E-state index contributed by atoms with van der Waals surface area (Å²) in [5.74, 6) is 1.14. The van der Waals surface area contributed by atoms with Crippen molar-refractivity contribution in [1.29, 1.82) is 5.26 Å². The zero-order chi connectivity index (χ0) is 25.0. The Bertz CT molecular complexity index is 1510. The van der Waals surface area contributed by atoms with E-state index in [1.807, 2.05) is 32.3 Å². The van der Waals surface area contributed by atoms with Crippen molar-refractivity contribution in [3.63, 3.8) is 0 Å². The summed E-state index contributed by atoms with van der Waals surface area (Å²) in [6.07, 6.45) is 3.89. The molecule has 4 rings (SSSR count). The van der Waals surface area contributed by atoms with Gasteiger partial charge in [0.15, 0.2) is 11.5 Å². The van der Waals surface area contributed by atoms with E-state index in [0.29, 0.717) is 34.9 Å². The molecule has 2 aromatic carbocycles. The Labute approximate surface area is 204 Å². The van der Waals surface area contributed by atoms with Crippen LogP contribution in [0.5, 0.6) is 11.5 Å². The number of nitriles is 1. The molecular formula is C25H25N5O4S. The van der Waals surface area contributed by atoms with Crippen LogP contribution < -0.4 is 9.47 Å². The molecule has 35 heavy (non-hydrogen) atoms. The van der Waals surface area contributed by atoms with E-state index in [1.54, 1.807) is 31.5 Å². The smallest absolute Gasteiger partial charge is 0.283 e. The number of fused-ring (bicyclic) bond motifs is 1. The number of aromatic nitrogens is 3. The van der Waals surface area contributed by atoms with E-state index in [0.717, 1.165) is 22.4 Å². The van der Waals surface area contributed by atoms with Gasteiger partial charge in [0.2, 0.25) is 0 Å². The predicted molar refractivity (Wildman–Crippen MR) is 132 cm³/mol. The Morgan fingerprint density at radius 2 is 1.94 bits per heavy atom. The highest BCUT2D eigenvalue weighted by Crippen LogP contribution is 2.36. The van der Waals surface area contributed by atoms with Crippen LogP contribution in [-0.4, -0.2) is 61.8 Å². The van der Waals surface area contributed by atoms with Gasteiger partial charge >= 0.3 is 0 Å². The van der Waals surface area contributed by atoms with Gasteiger partial charge in [-0.15, -0.1) is 0 Å². The van der Waals surface area contributed by atoms with Gasteiger partial charge in [-0.3, -0.25) is 4.98 Å². The van der Waals surface area contributed by atoms with Crippen molar-refractivity contribution in [2.24, 2.45) is 0 Å². The van der Waals surface area contributed by atoms with Gasteiger partial charge in [-0.25, -0.2) is 0 Å². The van der Waals surface area contributed by atoms with Gasteiger partial charge in [-0.05, 0) is 56.9 Å². The third-order valence-corrected chi connectivity index (χ3v) is 6.93. The summed E-state index contributed by atoms with van der Waals surface area (Å²) in [4.78, 5) is 6.54. The highest BCUT2D eigenvalue weighted by Gasteiger charge is 2.20. The summed E-state index contributed by atoms with van der Waals surface area (Å²) >= 11 is 0. The maximum Gasteiger partial charge on any atom is 0.283 e. The van der Waals surface area contributed by atoms with E-state index in [2.05, 4.69) is 15.0 Å². The second-order valence-corrected chi connectivity index (χ2v) is 9.90. The van der Waals surface area contributed by atoms with Crippen LogP contribution in [0.15, 0.2) is 65.8 Å². The van der Waals surface area contributed by atoms with Crippen molar-refractivity contribution in [2.45, 2.75) is 11.3 Å². The van der Waals surface area contributed by atoms with E-state index in [4.69, 9.17) is 14.7 Å². The van der Waals surface area contributed by atoms with Gasteiger partial charge in [0.1, 0.15) is 0 Å². The van der Waals surface area contributed by atoms with Gasteiger partial charge in [0.05, 0.1) is 41.5 Å². The van der Waals surface area contributed by atoms with E-state index in [1.165, 1.54) is 24.4 Å². The average molecular weight is 492 g/mol. The minimum absolute atomic E-state index is 0.0106. The molecule has 180 valence electrons. The Hall–Kier alpha value is -3.94. The average Bonchev–Trinajstić information content (AvgIpc) is 3.36. The monoisotopic (exact) mass is 491 g/mol. The van der Waals surface area contributed by atoms with Gasteiger partial charge in [-0.1, -0.05) is 6.07 Å². The maximum absolute atomic E-state index is 13.1. The molecule has 4 aromatic rings. The van der Waals surface area contributed by atoms with Crippen LogP contribution in [-0.2, 0) is 10.0 Å². The lowest BCUT2D eigenvalue weighted by Gasteiger charge is -2.14. The molecule has 0 amide bonds. The van der Waals surface area contributed by atoms with Crippen LogP contribution in [0.3, 0.4) is 0 Å². The van der Waals surface area contributed by atoms with E-state index >= 15 is 0 Å². The molecule has 0 radical (unpaired) electrons. The summed E-state index contributed by atoms with van der Waals surface area (Å²) in [5, 5.41) is 14.2. The fraction of sp³-hybridized carbons (Fsp3) is 0.240. The standard InChI is InChI=1S/C25H25N5O4S/c1-29(2)11-5-13-34-25-16-23-21(15-24(25)33-3)20(8-10-27-23)22-9-12-30(28-22)35(31,32)19-7-4-6-18(14-19)17-26/h4,6-10,12,14-16H,5,11,13H2,1-3H3. The molecule has 0 bridgehead atoms. The molecule has 0 atom stereocenters. The molecule has 10 heteroatoms. The molecule has 2 heterocycles. The van der Waals surface area contributed by atoms with Crippen molar-refractivity contribution in [3.8, 4) is 28.8 Å². The molecule has 9 nitrogen and oxygen atoms in total. The molecule has 2 aromatic heterocycles. The third kappa shape index (κ3) is 5.11. The van der Waals surface area contributed by atoms with Crippen LogP contribution in [0, 0.1) is 11.3 Å². The summed E-state index contributed by atoms with van der Waals surface area (Å²) in [6, 6.07) is 14.8. The minimum atomic E-state index is -3.96. The lowest BCUT2D eigenvalue weighted by Crippen LogP contribution is -2.15. The topological polar surface area (TPSA) is 110 Å². The van der Waals surface area contributed by atoms with Crippen LogP contribution >= 0.6 is 0 Å². The van der Waals surface area contributed by atoms with Crippen molar-refractivity contribution in [3.05, 3.63) is 66.5 Å². The number of hydrogen-bond donors (Lipinski definition) is 0. The molecule has 0 aliphatic carbocycles. The third-order valence-electron chi connectivity index (χ3n) is 5.38. The molecule has 0 fully saturated rings. The number of ether oxygens (including phenoxy) is 2. The number of benzene rings is 2. The van der Waals surface area contributed by atoms with Gasteiger partial charge in [0, 0.05) is 36.0 Å². The van der Waals surface area contributed by atoms with Crippen molar-refractivity contribution in [2.75, 3.05) is 34.4 Å². The summed E-state index contributed by atoms with van der Waals surface area (Å²) in [6.45, 7) is 1.44. The molecule has 0 spiro atoms. The van der Waals surface area contributed by atoms with E-state index in [9.17, 15) is 8.42 Å². The summed E-state index contributed by atoms with van der Waals surface area (Å²) < 4.78 is 38.5. The van der Waals surface area contributed by atoms with Crippen LogP contribution in [0.25, 0.3) is 22.2 Å². The van der Waals surface area contributed by atoms with Crippen molar-refractivity contribution < 1.29 is 17.9 Å². The lowest BCUT2D eigenvalue weighted by atomic mass is 10.1. The first-order chi connectivity index (χ1) is 16.8. The largest absolute Gasteiger partial charge is 0.493 e. The minimum Gasteiger partial charge on any atom is -0.493 e. The van der Waals surface area contributed by atoms with Crippen LogP contribution in [0.1, 0.15) is 12.0 Å². The lowest BCUT2D eigenvalue weighted by molar-refractivity contribution is 0.268. The van der Waals surface area contributed by atoms with Crippen LogP contribution in [0.4, 0.5) is 0 Å². The summed E-state index contributed by atoms with van der Waals surface area (Å²) in [7, 11) is 1.63.